The lowest BCUT2D eigenvalue weighted by Crippen LogP contribution is -2.30. The second-order valence-electron chi connectivity index (χ2n) is 3.75. The van der Waals surface area contributed by atoms with Crippen LogP contribution in [0.5, 0.6) is 0 Å². The Balaban J connectivity index is 2.45. The number of benzene rings is 1. The highest BCUT2D eigenvalue weighted by atomic mass is 127. The first-order valence-electron chi connectivity index (χ1n) is 5.34. The molecule has 1 aromatic rings. The van der Waals surface area contributed by atoms with E-state index < -0.39 is 10.0 Å². The second-order valence-corrected chi connectivity index (χ2v) is 7.04. The molecule has 17 heavy (non-hydrogen) atoms. The van der Waals surface area contributed by atoms with Crippen LogP contribution >= 0.6 is 22.6 Å². The lowest BCUT2D eigenvalue weighted by Gasteiger charge is -2.14. The molecular weight excluding hydrogens is 351 g/mol. The van der Waals surface area contributed by atoms with E-state index in [0.717, 1.165) is 5.56 Å². The molecule has 2 N–H and O–H groups in total. The van der Waals surface area contributed by atoms with Gasteiger partial charge in [0.2, 0.25) is 10.0 Å². The van der Waals surface area contributed by atoms with Gasteiger partial charge in [-0.1, -0.05) is 12.1 Å². The Kier molecular flexibility index (Phi) is 5.84. The van der Waals surface area contributed by atoms with E-state index in [-0.39, 0.29) is 11.8 Å². The zero-order chi connectivity index (χ0) is 12.9. The molecule has 0 bridgehead atoms. The third-order valence-electron chi connectivity index (χ3n) is 2.50. The molecule has 1 aromatic carbocycles. The van der Waals surface area contributed by atoms with E-state index in [0.29, 0.717) is 6.54 Å². The Morgan fingerprint density at radius 3 is 2.41 bits per heavy atom. The maximum absolute atomic E-state index is 11.2. The summed E-state index contributed by atoms with van der Waals surface area (Å²) in [5.41, 5.74) is 1.16. The molecule has 0 aliphatic carbocycles. The fraction of sp³-hybridized carbons (Fsp3) is 0.455. The molecule has 0 aliphatic rings. The molecule has 0 amide bonds. The van der Waals surface area contributed by atoms with Crippen molar-refractivity contribution in [2.45, 2.75) is 13.0 Å². The van der Waals surface area contributed by atoms with E-state index >= 15 is 0 Å². The van der Waals surface area contributed by atoms with E-state index in [1.54, 1.807) is 0 Å². The average Bonchev–Trinajstić information content (AvgIpc) is 2.29. The van der Waals surface area contributed by atoms with E-state index in [4.69, 9.17) is 0 Å². The largest absolute Gasteiger partial charge is 0.309 e. The van der Waals surface area contributed by atoms with Crippen molar-refractivity contribution in [1.29, 1.82) is 0 Å². The van der Waals surface area contributed by atoms with Crippen LogP contribution in [0.3, 0.4) is 0 Å². The van der Waals surface area contributed by atoms with Crippen molar-refractivity contribution in [3.63, 3.8) is 0 Å². The van der Waals surface area contributed by atoms with Crippen LogP contribution in [0.1, 0.15) is 18.5 Å². The molecule has 0 saturated heterocycles. The summed E-state index contributed by atoms with van der Waals surface area (Å²) < 4.78 is 25.9. The Hall–Kier alpha value is -0.180. The van der Waals surface area contributed by atoms with Crippen molar-refractivity contribution in [2.24, 2.45) is 0 Å². The highest BCUT2D eigenvalue weighted by Crippen LogP contribution is 2.14. The molecular formula is C11H17IN2O2S. The molecule has 0 heterocycles. The number of nitrogens with one attached hydrogen (secondary N) is 2. The van der Waals surface area contributed by atoms with E-state index in [9.17, 15) is 8.42 Å². The molecule has 6 heteroatoms. The predicted octanol–water partition coefficient (Wildman–Crippen LogP) is 1.49. The first kappa shape index (κ1) is 14.9. The van der Waals surface area contributed by atoms with Gasteiger partial charge in [-0.2, -0.15) is 0 Å². The van der Waals surface area contributed by atoms with Gasteiger partial charge in [0.15, 0.2) is 0 Å². The minimum atomic E-state index is -3.12. The molecule has 0 radical (unpaired) electrons. The first-order valence-corrected chi connectivity index (χ1v) is 8.08. The SMILES string of the molecule is CNS(=O)(=O)CCNC(C)c1ccc(I)cc1. The molecule has 0 aliphatic heterocycles. The molecule has 0 aromatic heterocycles. The monoisotopic (exact) mass is 368 g/mol. The van der Waals surface area contributed by atoms with Gasteiger partial charge >= 0.3 is 0 Å². The lowest BCUT2D eigenvalue weighted by atomic mass is 10.1. The van der Waals surface area contributed by atoms with Crippen molar-refractivity contribution in [3.05, 3.63) is 33.4 Å². The van der Waals surface area contributed by atoms with Crippen molar-refractivity contribution in [3.8, 4) is 0 Å². The van der Waals surface area contributed by atoms with Crippen molar-refractivity contribution in [1.82, 2.24) is 10.0 Å². The average molecular weight is 368 g/mol. The van der Waals surface area contributed by atoms with Crippen LogP contribution < -0.4 is 10.0 Å². The van der Waals surface area contributed by atoms with Gasteiger partial charge in [0.25, 0.3) is 0 Å². The van der Waals surface area contributed by atoms with Gasteiger partial charge in [-0.3, -0.25) is 0 Å². The molecule has 1 atom stereocenters. The van der Waals surface area contributed by atoms with Crippen LogP contribution in [0.15, 0.2) is 24.3 Å². The van der Waals surface area contributed by atoms with E-state index in [1.807, 2.05) is 31.2 Å². The zero-order valence-electron chi connectivity index (χ0n) is 9.90. The third-order valence-corrected chi connectivity index (χ3v) is 4.59. The zero-order valence-corrected chi connectivity index (χ0v) is 12.9. The fourth-order valence-electron chi connectivity index (χ4n) is 1.38. The van der Waals surface area contributed by atoms with Crippen LogP contribution in [0, 0.1) is 3.57 Å². The number of hydrogen-bond acceptors (Lipinski definition) is 3. The summed E-state index contributed by atoms with van der Waals surface area (Å²) in [7, 11) is -1.69. The second kappa shape index (κ2) is 6.67. The minimum absolute atomic E-state index is 0.0954. The summed E-state index contributed by atoms with van der Waals surface area (Å²) in [5, 5.41) is 3.19. The minimum Gasteiger partial charge on any atom is -0.309 e. The quantitative estimate of drug-likeness (QED) is 0.749. The predicted molar refractivity (Wildman–Crippen MR) is 78.4 cm³/mol. The Morgan fingerprint density at radius 2 is 1.88 bits per heavy atom. The molecule has 1 rings (SSSR count). The fourth-order valence-corrected chi connectivity index (χ4v) is 2.33. The third kappa shape index (κ3) is 5.33. The molecule has 4 nitrogen and oxygen atoms in total. The van der Waals surface area contributed by atoms with Gasteiger partial charge in [-0.05, 0) is 54.3 Å². The van der Waals surface area contributed by atoms with Crippen molar-refractivity contribution >= 4 is 32.6 Å². The van der Waals surface area contributed by atoms with Gasteiger partial charge in [0.05, 0.1) is 5.75 Å². The molecule has 1 unspecified atom stereocenters. The van der Waals surface area contributed by atoms with Gasteiger partial charge in [0.1, 0.15) is 0 Å². The van der Waals surface area contributed by atoms with Crippen molar-refractivity contribution in [2.75, 3.05) is 19.3 Å². The summed E-state index contributed by atoms with van der Waals surface area (Å²) in [4.78, 5) is 0. The van der Waals surface area contributed by atoms with Crippen LogP contribution in [0.25, 0.3) is 0 Å². The van der Waals surface area contributed by atoms with Gasteiger partial charge < -0.3 is 5.32 Å². The maximum Gasteiger partial charge on any atom is 0.212 e. The smallest absolute Gasteiger partial charge is 0.212 e. The van der Waals surface area contributed by atoms with E-state index in [2.05, 4.69) is 32.6 Å². The van der Waals surface area contributed by atoms with Crippen molar-refractivity contribution < 1.29 is 8.42 Å². The number of halogens is 1. The molecule has 0 saturated carbocycles. The molecule has 0 spiro atoms. The number of hydrogen-bond donors (Lipinski definition) is 2. The number of rotatable bonds is 6. The molecule has 96 valence electrons. The highest BCUT2D eigenvalue weighted by Gasteiger charge is 2.08. The summed E-state index contributed by atoms with van der Waals surface area (Å²) in [5.74, 6) is 0.0954. The number of sulfonamides is 1. The van der Waals surface area contributed by atoms with Crippen LogP contribution in [0.4, 0.5) is 0 Å². The Labute approximate surface area is 116 Å². The topological polar surface area (TPSA) is 58.2 Å². The van der Waals surface area contributed by atoms with Gasteiger partial charge in [-0.25, -0.2) is 13.1 Å². The van der Waals surface area contributed by atoms with Crippen LogP contribution in [-0.4, -0.2) is 27.8 Å². The summed E-state index contributed by atoms with van der Waals surface area (Å²) >= 11 is 2.26. The lowest BCUT2D eigenvalue weighted by molar-refractivity contribution is 0.567. The Morgan fingerprint density at radius 1 is 1.29 bits per heavy atom. The summed E-state index contributed by atoms with van der Waals surface area (Å²) in [6.45, 7) is 2.46. The molecule has 0 fully saturated rings. The van der Waals surface area contributed by atoms with E-state index in [1.165, 1.54) is 10.6 Å². The standard InChI is InChI=1S/C11H17IN2O2S/c1-9(10-3-5-11(12)6-4-10)14-7-8-17(15,16)13-2/h3-6,9,13-14H,7-8H2,1-2H3. The normalized spacial score (nSPS) is 13.6. The van der Waals surface area contributed by atoms with Gasteiger partial charge in [-0.15, -0.1) is 0 Å². The summed E-state index contributed by atoms with van der Waals surface area (Å²) in [6, 6.07) is 8.33. The summed E-state index contributed by atoms with van der Waals surface area (Å²) in [6.07, 6.45) is 0. The highest BCUT2D eigenvalue weighted by molar-refractivity contribution is 14.1. The van der Waals surface area contributed by atoms with Crippen LogP contribution in [0.2, 0.25) is 0 Å². The van der Waals surface area contributed by atoms with Crippen LogP contribution in [-0.2, 0) is 10.0 Å². The first-order chi connectivity index (χ1) is 7.94. The maximum atomic E-state index is 11.2. The Bertz CT molecular complexity index is 445. The van der Waals surface area contributed by atoms with Gasteiger partial charge in [0, 0.05) is 16.2 Å².